The van der Waals surface area contributed by atoms with Gasteiger partial charge in [0, 0.05) is 16.8 Å². The molecule has 0 bridgehead atoms. The molecule has 2 amide bonds. The van der Waals surface area contributed by atoms with Crippen molar-refractivity contribution in [1.82, 2.24) is 4.57 Å². The molecule has 1 heterocycles. The fourth-order valence-electron chi connectivity index (χ4n) is 4.72. The van der Waals surface area contributed by atoms with Crippen LogP contribution in [0.3, 0.4) is 0 Å². The molecule has 0 saturated carbocycles. The van der Waals surface area contributed by atoms with Crippen LogP contribution in [0.1, 0.15) is 60.5 Å². The number of aromatic nitrogens is 1. The van der Waals surface area contributed by atoms with Gasteiger partial charge in [-0.05, 0) is 79.1 Å². The van der Waals surface area contributed by atoms with E-state index in [1.165, 1.54) is 0 Å². The average Bonchev–Trinajstić information content (AvgIpc) is 3.26. The lowest BCUT2D eigenvalue weighted by molar-refractivity contribution is -0.137. The number of carboxylic acids is 1. The normalized spacial score (nSPS) is 11.8. The highest BCUT2D eigenvalue weighted by atomic mass is 35.5. The van der Waals surface area contributed by atoms with E-state index < -0.39 is 23.7 Å². The highest BCUT2D eigenvalue weighted by molar-refractivity contribution is 7.99. The maximum Gasteiger partial charge on any atom is 0.416 e. The maximum absolute atomic E-state index is 13.0. The molecule has 3 aromatic carbocycles. The Kier molecular flexibility index (Phi) is 11.5. The first-order chi connectivity index (χ1) is 21.5. The number of urea groups is 1. The van der Waals surface area contributed by atoms with E-state index in [4.69, 9.17) is 16.7 Å². The number of hydrogen-bond acceptors (Lipinski definition) is 5. The van der Waals surface area contributed by atoms with E-state index in [2.05, 4.69) is 22.5 Å². The number of aromatic hydroxyl groups is 1. The Balaban J connectivity index is 1.50. The van der Waals surface area contributed by atoms with Crippen LogP contribution in [-0.4, -0.2) is 32.5 Å². The lowest BCUT2D eigenvalue weighted by atomic mass is 10.1. The summed E-state index contributed by atoms with van der Waals surface area (Å²) in [5, 5.41) is 30.5. The molecule has 3 N–H and O–H groups in total. The summed E-state index contributed by atoms with van der Waals surface area (Å²) in [6.45, 7) is 2.65. The van der Waals surface area contributed by atoms with Crippen LogP contribution in [0.5, 0.6) is 5.88 Å². The molecule has 1 aromatic heterocycles. The highest BCUT2D eigenvalue weighted by Gasteiger charge is 2.31. The number of carboxylic acid groups (broad SMARTS) is 1. The Morgan fingerprint density at radius 2 is 1.76 bits per heavy atom. The summed E-state index contributed by atoms with van der Waals surface area (Å²) in [5.41, 5.74) is 1.11. The monoisotopic (exact) mass is 660 g/mol. The third-order valence-electron chi connectivity index (χ3n) is 7.07. The summed E-state index contributed by atoms with van der Waals surface area (Å²) in [6, 6.07) is 14.1. The molecule has 0 unspecified atom stereocenters. The fraction of sp³-hybridized carbons (Fsp3) is 0.312. The van der Waals surface area contributed by atoms with E-state index in [0.717, 1.165) is 72.4 Å². The zero-order valence-electron chi connectivity index (χ0n) is 24.4. The van der Waals surface area contributed by atoms with Crippen molar-refractivity contribution in [2.75, 3.05) is 11.1 Å². The minimum atomic E-state index is -4.58. The van der Waals surface area contributed by atoms with Crippen LogP contribution < -0.4 is 5.32 Å². The third-order valence-corrected chi connectivity index (χ3v) is 8.47. The van der Waals surface area contributed by atoms with Crippen molar-refractivity contribution in [3.8, 4) is 5.88 Å². The first kappa shape index (κ1) is 33.9. The molecule has 45 heavy (non-hydrogen) atoms. The molecule has 0 atom stereocenters. The molecular weight excluding hydrogens is 629 g/mol. The number of rotatable bonds is 13. The number of aryl methyl sites for hydroxylation is 2. The molecule has 0 saturated heterocycles. The number of alkyl halides is 3. The van der Waals surface area contributed by atoms with Gasteiger partial charge in [0.2, 0.25) is 5.88 Å². The third kappa shape index (κ3) is 9.01. The van der Waals surface area contributed by atoms with Gasteiger partial charge < -0.3 is 20.1 Å². The minimum Gasteiger partial charge on any atom is -0.493 e. The standard InChI is InChI=1S/C32H32ClF3N4O4S/c1-2-3-4-5-16-40-27-15-13-23(45-17-6-7-20-8-10-21(11-9-20)30(42)43)19-24(27)28(29(40)41)38-39-31(44)37-26-14-12-22(18-25(26)33)32(34,35)36/h8-15,18-19,41H,2-7,16-17H2,1H3,(H,37,44)(H,42,43). The number of hydrogen-bond donors (Lipinski definition) is 3. The summed E-state index contributed by atoms with van der Waals surface area (Å²) in [5.74, 6) is -0.322. The molecule has 8 nitrogen and oxygen atoms in total. The average molecular weight is 661 g/mol. The number of azo groups is 1. The van der Waals surface area contributed by atoms with Gasteiger partial charge in [0.05, 0.1) is 27.4 Å². The van der Waals surface area contributed by atoms with Gasteiger partial charge in [-0.2, -0.15) is 13.2 Å². The summed E-state index contributed by atoms with van der Waals surface area (Å²) in [4.78, 5) is 24.5. The van der Waals surface area contributed by atoms with Crippen molar-refractivity contribution in [2.45, 2.75) is 63.1 Å². The second-order valence-electron chi connectivity index (χ2n) is 10.3. The van der Waals surface area contributed by atoms with Crippen LogP contribution >= 0.6 is 23.4 Å². The van der Waals surface area contributed by atoms with Gasteiger partial charge in [0.1, 0.15) is 0 Å². The van der Waals surface area contributed by atoms with E-state index in [9.17, 15) is 27.9 Å². The Labute approximate surface area is 267 Å². The molecule has 0 aliphatic carbocycles. The number of nitrogens with one attached hydrogen (secondary N) is 1. The molecule has 0 aliphatic rings. The number of amides is 2. The van der Waals surface area contributed by atoms with E-state index in [1.807, 2.05) is 30.3 Å². The number of anilines is 1. The SMILES string of the molecule is CCCCCCn1c(O)c(N=NC(=O)Nc2ccc(C(F)(F)F)cc2Cl)c2cc(SCCCc3ccc(C(=O)O)cc3)ccc21. The molecule has 4 rings (SSSR count). The first-order valence-electron chi connectivity index (χ1n) is 14.4. The number of nitrogens with zero attached hydrogens (tertiary/aromatic N) is 3. The summed E-state index contributed by atoms with van der Waals surface area (Å²) in [7, 11) is 0. The number of benzene rings is 3. The van der Waals surface area contributed by atoms with E-state index in [0.29, 0.717) is 18.0 Å². The number of carbonyl (C=O) groups excluding carboxylic acids is 1. The van der Waals surface area contributed by atoms with E-state index in [1.54, 1.807) is 28.5 Å². The molecule has 238 valence electrons. The Hall–Kier alpha value is -4.03. The largest absolute Gasteiger partial charge is 0.493 e. The van der Waals surface area contributed by atoms with E-state index >= 15 is 0 Å². The Morgan fingerprint density at radius 1 is 1.00 bits per heavy atom. The van der Waals surface area contributed by atoms with Gasteiger partial charge >= 0.3 is 18.2 Å². The maximum atomic E-state index is 13.0. The van der Waals surface area contributed by atoms with Crippen LogP contribution in [0.25, 0.3) is 10.9 Å². The van der Waals surface area contributed by atoms with Crippen molar-refractivity contribution in [3.63, 3.8) is 0 Å². The molecular formula is C32H32ClF3N4O4S. The number of halogens is 4. The van der Waals surface area contributed by atoms with Crippen LogP contribution in [-0.2, 0) is 19.1 Å². The van der Waals surface area contributed by atoms with E-state index in [-0.39, 0.29) is 27.8 Å². The highest BCUT2D eigenvalue weighted by Crippen LogP contribution is 2.41. The van der Waals surface area contributed by atoms with Crippen molar-refractivity contribution in [2.24, 2.45) is 10.2 Å². The molecule has 13 heteroatoms. The molecule has 0 radical (unpaired) electrons. The molecule has 0 spiro atoms. The number of aromatic carboxylic acids is 1. The zero-order valence-corrected chi connectivity index (χ0v) is 26.0. The van der Waals surface area contributed by atoms with Crippen molar-refractivity contribution in [3.05, 3.63) is 82.4 Å². The predicted octanol–water partition coefficient (Wildman–Crippen LogP) is 10.3. The van der Waals surface area contributed by atoms with Gasteiger partial charge in [0.15, 0.2) is 5.69 Å². The van der Waals surface area contributed by atoms with Gasteiger partial charge in [-0.1, -0.05) is 55.0 Å². The topological polar surface area (TPSA) is 116 Å². The Bertz CT molecular complexity index is 1690. The summed E-state index contributed by atoms with van der Waals surface area (Å²) < 4.78 is 40.6. The second kappa shape index (κ2) is 15.3. The minimum absolute atomic E-state index is 0.0623. The lowest BCUT2D eigenvalue weighted by Crippen LogP contribution is -2.08. The number of carbonyl (C=O) groups is 2. The van der Waals surface area contributed by atoms with Crippen LogP contribution in [0, 0.1) is 0 Å². The first-order valence-corrected chi connectivity index (χ1v) is 15.7. The smallest absolute Gasteiger partial charge is 0.416 e. The van der Waals surface area contributed by atoms with Crippen molar-refractivity contribution >= 4 is 57.6 Å². The second-order valence-corrected chi connectivity index (χ2v) is 11.9. The number of unbranched alkanes of at least 4 members (excludes halogenated alkanes) is 3. The van der Waals surface area contributed by atoms with Crippen LogP contribution in [0.15, 0.2) is 75.8 Å². The molecule has 4 aromatic rings. The van der Waals surface area contributed by atoms with Crippen LogP contribution in [0.2, 0.25) is 5.02 Å². The van der Waals surface area contributed by atoms with Gasteiger partial charge in [0.25, 0.3) is 0 Å². The summed E-state index contributed by atoms with van der Waals surface area (Å²) in [6.07, 6.45) is 0.975. The van der Waals surface area contributed by atoms with Gasteiger partial charge in [-0.15, -0.1) is 16.9 Å². The molecule has 0 aliphatic heterocycles. The van der Waals surface area contributed by atoms with Gasteiger partial charge in [-0.3, -0.25) is 0 Å². The van der Waals surface area contributed by atoms with Crippen LogP contribution in [0.4, 0.5) is 29.3 Å². The lowest BCUT2D eigenvalue weighted by Gasteiger charge is -2.09. The Morgan fingerprint density at radius 3 is 2.42 bits per heavy atom. The zero-order chi connectivity index (χ0) is 32.6. The number of fused-ring (bicyclic) bond motifs is 1. The van der Waals surface area contributed by atoms with Gasteiger partial charge in [-0.25, -0.2) is 9.59 Å². The summed E-state index contributed by atoms with van der Waals surface area (Å²) >= 11 is 7.55. The number of thioether (sulfide) groups is 1. The molecule has 0 fully saturated rings. The van der Waals surface area contributed by atoms with Crippen molar-refractivity contribution in [1.29, 1.82) is 0 Å². The quantitative estimate of drug-likeness (QED) is 0.0749. The van der Waals surface area contributed by atoms with Crippen molar-refractivity contribution < 1.29 is 33.0 Å². The predicted molar refractivity (Wildman–Crippen MR) is 170 cm³/mol. The fourth-order valence-corrected chi connectivity index (χ4v) is 5.84.